The second-order valence-corrected chi connectivity index (χ2v) is 7.52. The lowest BCUT2D eigenvalue weighted by molar-refractivity contribution is 0.297. The first-order valence-electron chi connectivity index (χ1n) is 6.80. The number of sulfonamides is 1. The molecule has 1 aromatic heterocycles. The summed E-state index contributed by atoms with van der Waals surface area (Å²) in [5, 5.41) is 3.59. The van der Waals surface area contributed by atoms with Crippen LogP contribution in [0.5, 0.6) is 0 Å². The molecule has 0 bridgehead atoms. The van der Waals surface area contributed by atoms with Crippen LogP contribution < -0.4 is 0 Å². The van der Waals surface area contributed by atoms with Crippen molar-refractivity contribution in [3.63, 3.8) is 0 Å². The van der Waals surface area contributed by atoms with E-state index >= 15 is 0 Å². The SMILES string of the molecule is Cc1cc([C@H]2CCCN2S(=O)(=O)c2ccc(F)c(Cl)c2)on1. The molecule has 2 heterocycles. The Labute approximate surface area is 132 Å². The van der Waals surface area contributed by atoms with Crippen LogP contribution >= 0.6 is 11.6 Å². The van der Waals surface area contributed by atoms with Gasteiger partial charge in [-0.05, 0) is 38.0 Å². The minimum atomic E-state index is -3.77. The molecule has 1 aliphatic heterocycles. The van der Waals surface area contributed by atoms with E-state index in [1.165, 1.54) is 10.4 Å². The standard InChI is InChI=1S/C14H14ClFN2O3S/c1-9-7-14(21-17-9)13-3-2-6-18(13)22(19,20)10-4-5-12(16)11(15)8-10/h4-5,7-8,13H,2-3,6H2,1H3/t13-/m1/s1. The first-order chi connectivity index (χ1) is 10.4. The molecule has 0 N–H and O–H groups in total. The summed E-state index contributed by atoms with van der Waals surface area (Å²) in [6.45, 7) is 2.16. The van der Waals surface area contributed by atoms with Crippen molar-refractivity contribution in [1.82, 2.24) is 9.46 Å². The van der Waals surface area contributed by atoms with Gasteiger partial charge in [-0.15, -0.1) is 0 Å². The smallest absolute Gasteiger partial charge is 0.243 e. The highest BCUT2D eigenvalue weighted by atomic mass is 35.5. The van der Waals surface area contributed by atoms with E-state index in [-0.39, 0.29) is 9.92 Å². The summed E-state index contributed by atoms with van der Waals surface area (Å²) in [7, 11) is -3.77. The topological polar surface area (TPSA) is 63.4 Å². The van der Waals surface area contributed by atoms with Crippen molar-refractivity contribution < 1.29 is 17.3 Å². The maximum atomic E-state index is 13.2. The zero-order valence-corrected chi connectivity index (χ0v) is 13.4. The predicted octanol–water partition coefficient (Wildman–Crippen LogP) is 3.30. The number of nitrogens with zero attached hydrogens (tertiary/aromatic N) is 2. The minimum Gasteiger partial charge on any atom is -0.359 e. The molecule has 22 heavy (non-hydrogen) atoms. The van der Waals surface area contributed by atoms with Crippen molar-refractivity contribution in [2.75, 3.05) is 6.54 Å². The van der Waals surface area contributed by atoms with Gasteiger partial charge in [0, 0.05) is 12.6 Å². The molecule has 0 saturated carbocycles. The zero-order chi connectivity index (χ0) is 15.9. The lowest BCUT2D eigenvalue weighted by atomic mass is 10.2. The lowest BCUT2D eigenvalue weighted by Crippen LogP contribution is -2.30. The summed E-state index contributed by atoms with van der Waals surface area (Å²) >= 11 is 5.70. The zero-order valence-electron chi connectivity index (χ0n) is 11.8. The van der Waals surface area contributed by atoms with Crippen LogP contribution in [-0.2, 0) is 10.0 Å². The quantitative estimate of drug-likeness (QED) is 0.857. The fourth-order valence-electron chi connectivity index (χ4n) is 2.63. The Balaban J connectivity index is 1.98. The molecular weight excluding hydrogens is 331 g/mol. The molecule has 1 saturated heterocycles. The van der Waals surface area contributed by atoms with Crippen LogP contribution in [0.1, 0.15) is 30.3 Å². The molecule has 5 nitrogen and oxygen atoms in total. The van der Waals surface area contributed by atoms with Crippen molar-refractivity contribution in [2.24, 2.45) is 0 Å². The third-order valence-corrected chi connectivity index (χ3v) is 5.87. The Kier molecular flexibility index (Phi) is 3.96. The third kappa shape index (κ3) is 2.64. The molecular formula is C14H14ClFN2O3S. The normalized spacial score (nSPS) is 19.7. The van der Waals surface area contributed by atoms with E-state index in [2.05, 4.69) is 5.16 Å². The monoisotopic (exact) mass is 344 g/mol. The molecule has 0 aliphatic carbocycles. The summed E-state index contributed by atoms with van der Waals surface area (Å²) in [6.07, 6.45) is 1.38. The summed E-state index contributed by atoms with van der Waals surface area (Å²) in [4.78, 5) is -0.0259. The molecule has 1 aromatic carbocycles. The highest BCUT2D eigenvalue weighted by molar-refractivity contribution is 7.89. The highest BCUT2D eigenvalue weighted by Gasteiger charge is 2.38. The van der Waals surface area contributed by atoms with Gasteiger partial charge in [0.15, 0.2) is 5.76 Å². The first kappa shape index (κ1) is 15.5. The average Bonchev–Trinajstić information content (AvgIpc) is 3.10. The number of aromatic nitrogens is 1. The highest BCUT2D eigenvalue weighted by Crippen LogP contribution is 2.37. The van der Waals surface area contributed by atoms with E-state index in [0.717, 1.165) is 18.6 Å². The van der Waals surface area contributed by atoms with E-state index in [9.17, 15) is 12.8 Å². The van der Waals surface area contributed by atoms with E-state index < -0.39 is 21.9 Å². The van der Waals surface area contributed by atoms with Crippen LogP contribution in [0.2, 0.25) is 5.02 Å². The van der Waals surface area contributed by atoms with Gasteiger partial charge >= 0.3 is 0 Å². The fourth-order valence-corrected chi connectivity index (χ4v) is 4.56. The average molecular weight is 345 g/mol. The Morgan fingerprint density at radius 3 is 2.82 bits per heavy atom. The van der Waals surface area contributed by atoms with E-state index in [1.807, 2.05) is 0 Å². The van der Waals surface area contributed by atoms with E-state index in [4.69, 9.17) is 16.1 Å². The maximum Gasteiger partial charge on any atom is 0.243 e. The third-order valence-electron chi connectivity index (χ3n) is 3.68. The maximum absolute atomic E-state index is 13.2. The van der Waals surface area contributed by atoms with Crippen molar-refractivity contribution >= 4 is 21.6 Å². The Morgan fingerprint density at radius 1 is 1.41 bits per heavy atom. The van der Waals surface area contributed by atoms with Crippen molar-refractivity contribution in [3.05, 3.63) is 46.6 Å². The van der Waals surface area contributed by atoms with Crippen molar-refractivity contribution in [1.29, 1.82) is 0 Å². The second kappa shape index (κ2) is 5.64. The molecule has 118 valence electrons. The molecule has 0 radical (unpaired) electrons. The van der Waals surface area contributed by atoms with Crippen LogP contribution in [0.4, 0.5) is 4.39 Å². The van der Waals surface area contributed by atoms with Crippen LogP contribution in [0.25, 0.3) is 0 Å². The number of hydrogen-bond donors (Lipinski definition) is 0. The van der Waals surface area contributed by atoms with Gasteiger partial charge in [0.2, 0.25) is 10.0 Å². The molecule has 3 rings (SSSR count). The van der Waals surface area contributed by atoms with E-state index in [0.29, 0.717) is 24.4 Å². The largest absolute Gasteiger partial charge is 0.359 e. The molecule has 0 spiro atoms. The summed E-state index contributed by atoms with van der Waals surface area (Å²) in [5.74, 6) is -0.128. The minimum absolute atomic E-state index is 0.0259. The summed E-state index contributed by atoms with van der Waals surface area (Å²) in [5.41, 5.74) is 0.698. The number of rotatable bonds is 3. The van der Waals surface area contributed by atoms with Gasteiger partial charge in [-0.1, -0.05) is 16.8 Å². The van der Waals surface area contributed by atoms with Crippen LogP contribution in [0.15, 0.2) is 33.7 Å². The number of benzene rings is 1. The summed E-state index contributed by atoms with van der Waals surface area (Å²) in [6, 6.07) is 4.75. The Bertz CT molecular complexity index is 806. The van der Waals surface area contributed by atoms with Crippen LogP contribution in [0, 0.1) is 12.7 Å². The van der Waals surface area contributed by atoms with Gasteiger partial charge in [-0.3, -0.25) is 0 Å². The number of hydrogen-bond acceptors (Lipinski definition) is 4. The Morgan fingerprint density at radius 2 is 2.18 bits per heavy atom. The van der Waals surface area contributed by atoms with Crippen molar-refractivity contribution in [3.8, 4) is 0 Å². The molecule has 0 amide bonds. The number of halogens is 2. The molecule has 2 aromatic rings. The molecule has 1 atom stereocenters. The lowest BCUT2D eigenvalue weighted by Gasteiger charge is -2.22. The van der Waals surface area contributed by atoms with Crippen LogP contribution in [0.3, 0.4) is 0 Å². The van der Waals surface area contributed by atoms with Gasteiger partial charge in [0.25, 0.3) is 0 Å². The predicted molar refractivity (Wildman–Crippen MR) is 78.5 cm³/mol. The molecule has 0 unspecified atom stereocenters. The van der Waals surface area contributed by atoms with Gasteiger partial charge in [-0.25, -0.2) is 12.8 Å². The van der Waals surface area contributed by atoms with Gasteiger partial charge in [0.05, 0.1) is 21.7 Å². The van der Waals surface area contributed by atoms with Crippen molar-refractivity contribution in [2.45, 2.75) is 30.7 Å². The van der Waals surface area contributed by atoms with Gasteiger partial charge < -0.3 is 4.52 Å². The second-order valence-electron chi connectivity index (χ2n) is 5.22. The first-order valence-corrected chi connectivity index (χ1v) is 8.61. The molecule has 8 heteroatoms. The number of aryl methyl sites for hydroxylation is 1. The molecule has 1 aliphatic rings. The fraction of sp³-hybridized carbons (Fsp3) is 0.357. The van der Waals surface area contributed by atoms with Crippen LogP contribution in [-0.4, -0.2) is 24.4 Å². The van der Waals surface area contributed by atoms with Gasteiger partial charge in [0.1, 0.15) is 5.82 Å². The summed E-state index contributed by atoms with van der Waals surface area (Å²) < 4.78 is 45.4. The van der Waals surface area contributed by atoms with Gasteiger partial charge in [-0.2, -0.15) is 4.31 Å². The Hall–Kier alpha value is -1.44. The molecule has 1 fully saturated rings. The van der Waals surface area contributed by atoms with E-state index in [1.54, 1.807) is 13.0 Å².